The van der Waals surface area contributed by atoms with Crippen LogP contribution in [0.25, 0.3) is 33.1 Å². The highest BCUT2D eigenvalue weighted by molar-refractivity contribution is 8.26. The second-order valence-electron chi connectivity index (χ2n) is 8.85. The molecule has 1 aromatic heterocycles. The van der Waals surface area contributed by atoms with Gasteiger partial charge in [-0.05, 0) is 60.2 Å². The number of hydrogen-bond donors (Lipinski definition) is 0. The summed E-state index contributed by atoms with van der Waals surface area (Å²) in [5.74, 6) is 3.25. The lowest BCUT2D eigenvalue weighted by Gasteiger charge is -2.38. The number of rotatable bonds is 1. The fourth-order valence-corrected chi connectivity index (χ4v) is 9.86. The predicted octanol–water partition coefficient (Wildman–Crippen LogP) is 7.22. The minimum Gasteiger partial charge on any atom is -0.456 e. The molecule has 0 N–H and O–H groups in total. The molecule has 0 saturated heterocycles. The predicted molar refractivity (Wildman–Crippen MR) is 145 cm³/mol. The second kappa shape index (κ2) is 6.85. The van der Waals surface area contributed by atoms with Crippen molar-refractivity contribution in [3.05, 3.63) is 103 Å². The Bertz CT molecular complexity index is 1890. The van der Waals surface area contributed by atoms with Gasteiger partial charge in [0.2, 0.25) is 0 Å². The van der Waals surface area contributed by atoms with E-state index >= 15 is 0 Å². The van der Waals surface area contributed by atoms with Crippen molar-refractivity contribution in [2.75, 3.05) is 0 Å². The summed E-state index contributed by atoms with van der Waals surface area (Å²) in [7, 11) is 0. The highest BCUT2D eigenvalue weighted by atomic mass is 32.4. The van der Waals surface area contributed by atoms with E-state index in [1.165, 1.54) is 0 Å². The summed E-state index contributed by atoms with van der Waals surface area (Å²) in [6.45, 7) is 0. The molecular formula is C30H17O3PS. The molecular weight excluding hydrogens is 471 g/mol. The van der Waals surface area contributed by atoms with Crippen molar-refractivity contribution in [3.63, 3.8) is 0 Å². The molecule has 35 heavy (non-hydrogen) atoms. The Balaban J connectivity index is 1.44. The minimum atomic E-state index is -2.37. The van der Waals surface area contributed by atoms with Crippen molar-refractivity contribution in [3.8, 4) is 34.1 Å². The van der Waals surface area contributed by atoms with Gasteiger partial charge in [0, 0.05) is 26.9 Å². The Kier molecular flexibility index (Phi) is 3.81. The summed E-state index contributed by atoms with van der Waals surface area (Å²) in [5, 5.41) is 5.34. The normalized spacial score (nSPS) is 17.3. The van der Waals surface area contributed by atoms with Crippen molar-refractivity contribution < 1.29 is 13.9 Å². The topological polar surface area (TPSA) is 31.6 Å². The molecule has 0 bridgehead atoms. The van der Waals surface area contributed by atoms with E-state index in [2.05, 4.69) is 36.4 Å². The van der Waals surface area contributed by atoms with Crippen molar-refractivity contribution in [2.24, 2.45) is 0 Å². The molecule has 6 aromatic rings. The van der Waals surface area contributed by atoms with Crippen LogP contribution >= 0.6 is 6.04 Å². The van der Waals surface area contributed by atoms with E-state index in [4.69, 9.17) is 25.7 Å². The first-order valence-electron chi connectivity index (χ1n) is 11.5. The number of fused-ring (bicyclic) bond motifs is 7. The van der Waals surface area contributed by atoms with Crippen LogP contribution in [-0.4, -0.2) is 0 Å². The van der Waals surface area contributed by atoms with Crippen LogP contribution in [0.3, 0.4) is 0 Å². The number of ether oxygens (including phenoxy) is 2. The monoisotopic (exact) mass is 488 g/mol. The van der Waals surface area contributed by atoms with Crippen molar-refractivity contribution in [2.45, 2.75) is 0 Å². The quantitative estimate of drug-likeness (QED) is 0.228. The van der Waals surface area contributed by atoms with Gasteiger partial charge < -0.3 is 13.9 Å². The van der Waals surface area contributed by atoms with E-state index < -0.39 is 6.04 Å². The Hall–Kier alpha value is -3.85. The zero-order chi connectivity index (χ0) is 23.1. The zero-order valence-corrected chi connectivity index (χ0v) is 20.1. The van der Waals surface area contributed by atoms with Gasteiger partial charge in [-0.15, -0.1) is 0 Å². The van der Waals surface area contributed by atoms with Gasteiger partial charge in [-0.1, -0.05) is 60.3 Å². The van der Waals surface area contributed by atoms with Gasteiger partial charge in [-0.2, -0.15) is 0 Å². The van der Waals surface area contributed by atoms with Gasteiger partial charge in [0.05, 0.1) is 11.3 Å². The van der Waals surface area contributed by atoms with E-state index in [0.717, 1.165) is 72.0 Å². The molecule has 3 nitrogen and oxygen atoms in total. The van der Waals surface area contributed by atoms with Crippen LogP contribution in [0.15, 0.2) is 108 Å². The van der Waals surface area contributed by atoms with E-state index in [0.29, 0.717) is 0 Å². The summed E-state index contributed by atoms with van der Waals surface area (Å²) in [6.07, 6.45) is 0. The summed E-state index contributed by atoms with van der Waals surface area (Å²) in [5.41, 5.74) is 3.82. The maximum atomic E-state index is 6.63. The summed E-state index contributed by atoms with van der Waals surface area (Å²) in [4.78, 5) is 0. The molecule has 1 atom stereocenters. The molecule has 5 aromatic carbocycles. The lowest BCUT2D eigenvalue weighted by molar-refractivity contribution is 0.467. The number of hydrogen-bond acceptors (Lipinski definition) is 4. The third kappa shape index (κ3) is 2.53. The molecule has 0 amide bonds. The minimum absolute atomic E-state index is 0.787. The summed E-state index contributed by atoms with van der Waals surface area (Å²) < 4.78 is 19.1. The number of benzene rings is 5. The molecule has 2 aliphatic heterocycles. The van der Waals surface area contributed by atoms with Crippen molar-refractivity contribution in [1.82, 2.24) is 0 Å². The molecule has 0 fully saturated rings. The summed E-state index contributed by atoms with van der Waals surface area (Å²) >= 11 is 6.63. The van der Waals surface area contributed by atoms with Crippen LogP contribution in [0.4, 0.5) is 0 Å². The molecule has 5 heteroatoms. The lowest BCUT2D eigenvalue weighted by Crippen LogP contribution is -2.35. The standard InChI is InChI=1S/C30H17O3PS/c35-34-27-11-5-3-9-24(27)32-26-16-14-19(29(30(26)34)33-25-10-4-6-12-28(25)34)18-13-15-23-21(17-18)20-7-1-2-8-22(20)31-23/h1-17H. The van der Waals surface area contributed by atoms with E-state index in [1.54, 1.807) is 0 Å². The molecule has 8 rings (SSSR count). The average molecular weight is 489 g/mol. The van der Waals surface area contributed by atoms with Gasteiger partial charge in [-0.25, -0.2) is 0 Å². The fourth-order valence-electron chi connectivity index (χ4n) is 5.36. The van der Waals surface area contributed by atoms with Gasteiger partial charge in [0.25, 0.3) is 0 Å². The maximum Gasteiger partial charge on any atom is 0.148 e. The second-order valence-corrected chi connectivity index (χ2v) is 13.1. The molecule has 1 unspecified atom stereocenters. The maximum absolute atomic E-state index is 6.63. The highest BCUT2D eigenvalue weighted by Crippen LogP contribution is 2.60. The molecule has 0 aliphatic carbocycles. The van der Waals surface area contributed by atoms with Crippen LogP contribution in [0, 0.1) is 0 Å². The molecule has 0 spiro atoms. The molecule has 0 saturated carbocycles. The van der Waals surface area contributed by atoms with Gasteiger partial charge in [0.1, 0.15) is 34.2 Å². The van der Waals surface area contributed by atoms with Crippen molar-refractivity contribution in [1.29, 1.82) is 0 Å². The van der Waals surface area contributed by atoms with Gasteiger partial charge in [0.15, 0.2) is 0 Å². The molecule has 2 aliphatic rings. The smallest absolute Gasteiger partial charge is 0.148 e. The van der Waals surface area contributed by atoms with Crippen LogP contribution in [-0.2, 0) is 11.8 Å². The third-order valence-corrected chi connectivity index (χ3v) is 11.8. The lowest BCUT2D eigenvalue weighted by atomic mass is 10.0. The molecule has 0 radical (unpaired) electrons. The van der Waals surface area contributed by atoms with Crippen LogP contribution in [0.2, 0.25) is 0 Å². The Morgan fingerprint density at radius 3 is 2.09 bits per heavy atom. The first kappa shape index (κ1) is 19.5. The average Bonchev–Trinajstić information content (AvgIpc) is 3.27. The van der Waals surface area contributed by atoms with Crippen LogP contribution in [0.1, 0.15) is 0 Å². The Morgan fingerprint density at radius 2 is 1.26 bits per heavy atom. The third-order valence-electron chi connectivity index (χ3n) is 6.94. The number of para-hydroxylation sites is 3. The van der Waals surface area contributed by atoms with E-state index in [9.17, 15) is 0 Å². The largest absolute Gasteiger partial charge is 0.456 e. The van der Waals surface area contributed by atoms with E-state index in [1.807, 2.05) is 66.7 Å². The van der Waals surface area contributed by atoms with Gasteiger partial charge in [-0.3, -0.25) is 0 Å². The fraction of sp³-hybridized carbons (Fsp3) is 0. The van der Waals surface area contributed by atoms with Crippen LogP contribution in [0.5, 0.6) is 23.0 Å². The summed E-state index contributed by atoms with van der Waals surface area (Å²) in [6, 6.07) is 32.5. The molecule has 166 valence electrons. The first-order valence-corrected chi connectivity index (χ1v) is 14.3. The Morgan fingerprint density at radius 1 is 0.571 bits per heavy atom. The Labute approximate surface area is 206 Å². The number of furan rings is 1. The molecule has 3 heterocycles. The first-order chi connectivity index (χ1) is 17.2. The SMILES string of the molecule is S=P12c3ccccc3Oc3ccc(-c4ccc5oc6ccccc6c5c4)c(c31)Oc1ccccc12. The highest BCUT2D eigenvalue weighted by Gasteiger charge is 2.43. The zero-order valence-electron chi connectivity index (χ0n) is 18.4. The van der Waals surface area contributed by atoms with E-state index in [-0.39, 0.29) is 0 Å². The van der Waals surface area contributed by atoms with Gasteiger partial charge >= 0.3 is 0 Å². The van der Waals surface area contributed by atoms with Crippen molar-refractivity contribution >= 4 is 55.7 Å². The van der Waals surface area contributed by atoms with Crippen LogP contribution < -0.4 is 25.4 Å².